The van der Waals surface area contributed by atoms with Gasteiger partial charge in [0.05, 0.1) is 17.7 Å². The molecule has 2 aromatic heterocycles. The highest BCUT2D eigenvalue weighted by molar-refractivity contribution is 7.16. The van der Waals surface area contributed by atoms with Crippen LogP contribution in [0.3, 0.4) is 0 Å². The number of carbonyl (C=O) groups is 2. The first kappa shape index (κ1) is 21.5. The number of nitrogens with one attached hydrogen (secondary N) is 1. The van der Waals surface area contributed by atoms with Crippen LogP contribution in [0.25, 0.3) is 27.2 Å². The number of para-hydroxylation sites is 1. The van der Waals surface area contributed by atoms with Gasteiger partial charge in [0.2, 0.25) is 0 Å². The fourth-order valence-corrected chi connectivity index (χ4v) is 4.67. The fraction of sp³-hybridized carbons (Fsp3) is 0.0769. The summed E-state index contributed by atoms with van der Waals surface area (Å²) in [6.45, 7) is 1.87. The summed E-state index contributed by atoms with van der Waals surface area (Å²) in [7, 11) is 0. The minimum atomic E-state index is -0.637. The molecule has 168 valence electrons. The lowest BCUT2D eigenvalue weighted by atomic mass is 10.1. The Morgan fingerprint density at radius 2 is 1.74 bits per heavy atom. The smallest absolute Gasteiger partial charge is 0.359 e. The van der Waals surface area contributed by atoms with E-state index in [1.54, 1.807) is 48.7 Å². The molecule has 0 radical (unpaired) electrons. The van der Waals surface area contributed by atoms with Crippen molar-refractivity contribution in [3.8, 4) is 5.69 Å². The van der Waals surface area contributed by atoms with E-state index in [1.165, 1.54) is 0 Å². The number of benzene rings is 3. The maximum atomic E-state index is 13.4. The Labute approximate surface area is 198 Å². The van der Waals surface area contributed by atoms with Crippen molar-refractivity contribution in [2.24, 2.45) is 0 Å². The molecule has 0 aliphatic rings. The lowest BCUT2D eigenvalue weighted by Gasteiger charge is -2.10. The predicted octanol–water partition coefficient (Wildman–Crippen LogP) is 5.03. The molecule has 0 saturated carbocycles. The molecule has 1 N–H and O–H groups in total. The first-order chi connectivity index (χ1) is 16.6. The summed E-state index contributed by atoms with van der Waals surface area (Å²) < 4.78 is 6.33. The van der Waals surface area contributed by atoms with E-state index in [1.807, 2.05) is 36.4 Å². The van der Waals surface area contributed by atoms with Crippen molar-refractivity contribution < 1.29 is 14.3 Å². The fourth-order valence-electron chi connectivity index (χ4n) is 3.74. The molecule has 0 atom stereocenters. The number of amides is 1. The molecule has 34 heavy (non-hydrogen) atoms. The van der Waals surface area contributed by atoms with Gasteiger partial charge in [0.25, 0.3) is 11.5 Å². The normalized spacial score (nSPS) is 11.0. The van der Waals surface area contributed by atoms with Gasteiger partial charge < -0.3 is 10.1 Å². The van der Waals surface area contributed by atoms with Gasteiger partial charge >= 0.3 is 5.97 Å². The Balaban J connectivity index is 1.62. The minimum Gasteiger partial charge on any atom is -0.461 e. The van der Waals surface area contributed by atoms with Crippen LogP contribution in [-0.4, -0.2) is 28.3 Å². The molecule has 0 bridgehead atoms. The van der Waals surface area contributed by atoms with Crippen molar-refractivity contribution in [3.63, 3.8) is 0 Å². The van der Waals surface area contributed by atoms with E-state index >= 15 is 0 Å². The molecule has 0 spiro atoms. The zero-order chi connectivity index (χ0) is 23.7. The average molecular weight is 470 g/mol. The minimum absolute atomic E-state index is 0.0164. The molecular formula is C26H19N3O4S. The van der Waals surface area contributed by atoms with Gasteiger partial charge in [-0.2, -0.15) is 9.78 Å². The van der Waals surface area contributed by atoms with Crippen LogP contribution in [0.15, 0.2) is 83.0 Å². The second kappa shape index (κ2) is 8.92. The summed E-state index contributed by atoms with van der Waals surface area (Å²) in [4.78, 5) is 39.2. The topological polar surface area (TPSA) is 90.3 Å². The number of fused-ring (bicyclic) bond motifs is 2. The van der Waals surface area contributed by atoms with Gasteiger partial charge in [-0.15, -0.1) is 11.3 Å². The summed E-state index contributed by atoms with van der Waals surface area (Å²) in [5.41, 5.74) is 0.535. The van der Waals surface area contributed by atoms with Crippen LogP contribution in [0, 0.1) is 0 Å². The standard InChI is InChI=1S/C26H19N3O4S/c1-2-33-26(32)22-20-15-34-24(21(20)25(31)29(28-22)19-10-4-3-5-11-19)27-23(30)18-13-12-16-8-6-7-9-17(16)14-18/h3-15H,2H2,1H3,(H,27,30). The first-order valence-corrected chi connectivity index (χ1v) is 11.5. The number of carbonyl (C=O) groups excluding carboxylic acids is 2. The number of aromatic nitrogens is 2. The summed E-state index contributed by atoms with van der Waals surface area (Å²) in [6.07, 6.45) is 0. The molecule has 0 aliphatic carbocycles. The van der Waals surface area contributed by atoms with E-state index < -0.39 is 11.5 Å². The van der Waals surface area contributed by atoms with Gasteiger partial charge in [-0.1, -0.05) is 48.5 Å². The summed E-state index contributed by atoms with van der Waals surface area (Å²) in [6, 6.07) is 22.0. The van der Waals surface area contributed by atoms with Crippen molar-refractivity contribution in [3.05, 3.63) is 99.8 Å². The number of hydrogen-bond donors (Lipinski definition) is 1. The Bertz CT molecular complexity index is 1610. The van der Waals surface area contributed by atoms with Gasteiger partial charge in [-0.3, -0.25) is 9.59 Å². The highest BCUT2D eigenvalue weighted by Gasteiger charge is 2.23. The highest BCUT2D eigenvalue weighted by Crippen LogP contribution is 2.31. The van der Waals surface area contributed by atoms with Crippen LogP contribution in [0.4, 0.5) is 5.00 Å². The number of esters is 1. The van der Waals surface area contributed by atoms with E-state index in [-0.39, 0.29) is 23.6 Å². The number of nitrogens with zero attached hydrogens (tertiary/aromatic N) is 2. The summed E-state index contributed by atoms with van der Waals surface area (Å²) in [5.74, 6) is -0.989. The Morgan fingerprint density at radius 3 is 2.50 bits per heavy atom. The Kier molecular flexibility index (Phi) is 5.65. The van der Waals surface area contributed by atoms with Crippen LogP contribution in [-0.2, 0) is 4.74 Å². The van der Waals surface area contributed by atoms with Crippen LogP contribution in [0.2, 0.25) is 0 Å². The van der Waals surface area contributed by atoms with Crippen LogP contribution < -0.4 is 10.9 Å². The van der Waals surface area contributed by atoms with E-state index in [0.717, 1.165) is 26.8 Å². The van der Waals surface area contributed by atoms with Gasteiger partial charge in [0, 0.05) is 16.3 Å². The first-order valence-electron chi connectivity index (χ1n) is 10.6. The number of thiophene rings is 1. The SMILES string of the molecule is CCOC(=O)c1nn(-c2ccccc2)c(=O)c2c(NC(=O)c3ccc4ccccc4c3)scc12. The molecule has 0 saturated heterocycles. The van der Waals surface area contributed by atoms with E-state index in [9.17, 15) is 14.4 Å². The molecule has 5 rings (SSSR count). The number of anilines is 1. The average Bonchev–Trinajstić information content (AvgIpc) is 3.28. The molecule has 0 aliphatic heterocycles. The zero-order valence-electron chi connectivity index (χ0n) is 18.1. The predicted molar refractivity (Wildman–Crippen MR) is 133 cm³/mol. The van der Waals surface area contributed by atoms with Gasteiger partial charge in [0.15, 0.2) is 5.69 Å². The molecule has 8 heteroatoms. The molecule has 5 aromatic rings. The van der Waals surface area contributed by atoms with E-state index in [0.29, 0.717) is 21.6 Å². The van der Waals surface area contributed by atoms with Crippen molar-refractivity contribution in [1.29, 1.82) is 0 Å². The second-order valence-electron chi connectivity index (χ2n) is 7.49. The Morgan fingerprint density at radius 1 is 1.00 bits per heavy atom. The van der Waals surface area contributed by atoms with Gasteiger partial charge in [-0.05, 0) is 42.0 Å². The van der Waals surface area contributed by atoms with Gasteiger partial charge in [0.1, 0.15) is 5.00 Å². The lowest BCUT2D eigenvalue weighted by Crippen LogP contribution is -2.25. The van der Waals surface area contributed by atoms with Crippen LogP contribution in [0.1, 0.15) is 27.8 Å². The maximum Gasteiger partial charge on any atom is 0.359 e. The van der Waals surface area contributed by atoms with E-state index in [2.05, 4.69) is 10.4 Å². The highest BCUT2D eigenvalue weighted by atomic mass is 32.1. The van der Waals surface area contributed by atoms with E-state index in [4.69, 9.17) is 4.74 Å². The van der Waals surface area contributed by atoms with Crippen LogP contribution in [0.5, 0.6) is 0 Å². The zero-order valence-corrected chi connectivity index (χ0v) is 19.0. The third-order valence-electron chi connectivity index (χ3n) is 5.36. The van der Waals surface area contributed by atoms with Crippen molar-refractivity contribution in [2.45, 2.75) is 6.92 Å². The van der Waals surface area contributed by atoms with Crippen molar-refractivity contribution in [2.75, 3.05) is 11.9 Å². The molecular weight excluding hydrogens is 450 g/mol. The number of hydrogen-bond acceptors (Lipinski definition) is 6. The molecule has 7 nitrogen and oxygen atoms in total. The van der Waals surface area contributed by atoms with Gasteiger partial charge in [-0.25, -0.2) is 4.79 Å². The third-order valence-corrected chi connectivity index (χ3v) is 6.26. The van der Waals surface area contributed by atoms with Crippen molar-refractivity contribution in [1.82, 2.24) is 9.78 Å². The maximum absolute atomic E-state index is 13.4. The lowest BCUT2D eigenvalue weighted by molar-refractivity contribution is 0.0520. The molecule has 0 unspecified atom stereocenters. The third kappa shape index (κ3) is 3.84. The van der Waals surface area contributed by atoms with Crippen molar-refractivity contribution >= 4 is 49.8 Å². The second-order valence-corrected chi connectivity index (χ2v) is 8.37. The molecule has 0 fully saturated rings. The molecule has 2 heterocycles. The number of ether oxygens (including phenoxy) is 1. The summed E-state index contributed by atoms with van der Waals surface area (Å²) in [5, 5.41) is 11.6. The largest absolute Gasteiger partial charge is 0.461 e. The quantitative estimate of drug-likeness (QED) is 0.365. The number of rotatable bonds is 5. The molecule has 3 aromatic carbocycles. The molecule has 1 amide bonds. The monoisotopic (exact) mass is 469 g/mol. The Hall–Kier alpha value is -4.30. The van der Waals surface area contributed by atoms with Crippen LogP contribution >= 0.6 is 11.3 Å². The summed E-state index contributed by atoms with van der Waals surface area (Å²) >= 11 is 1.16.